The van der Waals surface area contributed by atoms with Crippen molar-refractivity contribution in [2.24, 2.45) is 0 Å². The molecule has 1 aliphatic rings. The van der Waals surface area contributed by atoms with Gasteiger partial charge in [0.05, 0.1) is 17.7 Å². The summed E-state index contributed by atoms with van der Waals surface area (Å²) in [5.41, 5.74) is 4.32. The first-order valence-electron chi connectivity index (χ1n) is 11.6. The van der Waals surface area contributed by atoms with Crippen LogP contribution in [0, 0.1) is 6.92 Å². The quantitative estimate of drug-likeness (QED) is 0.325. The Kier molecular flexibility index (Phi) is 6.10. The van der Waals surface area contributed by atoms with Crippen molar-refractivity contribution < 1.29 is 19.1 Å². The molecule has 4 aromatic rings. The van der Waals surface area contributed by atoms with Crippen LogP contribution in [0.5, 0.6) is 5.75 Å². The molecular weight excluding hydrogens is 444 g/mol. The lowest BCUT2D eigenvalue weighted by atomic mass is 9.82. The van der Waals surface area contributed by atoms with Crippen LogP contribution >= 0.6 is 0 Å². The number of carbonyl (C=O) groups is 2. The number of anilines is 1. The number of aromatic nitrogens is 2. The summed E-state index contributed by atoms with van der Waals surface area (Å²) in [6, 6.07) is 17.4. The number of nitrogens with zero attached hydrogens (tertiary/aromatic N) is 2. The molecule has 2 heterocycles. The first-order chi connectivity index (χ1) is 17.0. The van der Waals surface area contributed by atoms with Gasteiger partial charge in [-0.05, 0) is 67.3 Å². The molecule has 0 radical (unpaired) electrons. The van der Waals surface area contributed by atoms with Gasteiger partial charge in [-0.3, -0.25) is 4.79 Å². The van der Waals surface area contributed by atoms with Gasteiger partial charge in [0.25, 0.3) is 5.91 Å². The Balaban J connectivity index is 1.41. The summed E-state index contributed by atoms with van der Waals surface area (Å²) < 4.78 is 6.55. The van der Waals surface area contributed by atoms with E-state index in [1.807, 2.05) is 37.3 Å². The number of furan rings is 1. The number of aryl methyl sites for hydroxylation is 1. The van der Waals surface area contributed by atoms with Crippen molar-refractivity contribution in [3.8, 4) is 17.0 Å². The lowest BCUT2D eigenvalue weighted by Crippen LogP contribution is -2.31. The van der Waals surface area contributed by atoms with Crippen molar-refractivity contribution in [3.63, 3.8) is 0 Å². The molecule has 8 heteroatoms. The van der Waals surface area contributed by atoms with Crippen molar-refractivity contribution in [1.82, 2.24) is 15.1 Å². The number of rotatable bonds is 6. The maximum absolute atomic E-state index is 13.1. The number of amides is 2. The average Bonchev–Trinajstić information content (AvgIpc) is 3.49. The predicted molar refractivity (Wildman–Crippen MR) is 131 cm³/mol. The number of hydrogen-bond acceptors (Lipinski definition) is 5. The molecule has 1 fully saturated rings. The van der Waals surface area contributed by atoms with Crippen molar-refractivity contribution in [3.05, 3.63) is 89.5 Å². The van der Waals surface area contributed by atoms with Crippen LogP contribution in [0.2, 0.25) is 0 Å². The van der Waals surface area contributed by atoms with Crippen molar-refractivity contribution in [2.45, 2.75) is 38.6 Å². The van der Waals surface area contributed by atoms with Crippen LogP contribution < -0.4 is 10.6 Å². The van der Waals surface area contributed by atoms with E-state index in [2.05, 4.69) is 15.7 Å². The minimum absolute atomic E-state index is 0.00567. The molecule has 2 amide bonds. The third kappa shape index (κ3) is 4.68. The molecular formula is C27H26N4O4. The molecule has 0 atom stereocenters. The van der Waals surface area contributed by atoms with Crippen molar-refractivity contribution in [1.29, 1.82) is 0 Å². The van der Waals surface area contributed by atoms with Gasteiger partial charge in [-0.2, -0.15) is 9.78 Å². The average molecular weight is 471 g/mol. The molecule has 0 spiro atoms. The number of hydrogen-bond donors (Lipinski definition) is 3. The fraction of sp³-hybridized carbons (Fsp3) is 0.222. The van der Waals surface area contributed by atoms with E-state index >= 15 is 0 Å². The zero-order valence-corrected chi connectivity index (χ0v) is 19.3. The second-order valence-corrected chi connectivity index (χ2v) is 8.74. The topological polar surface area (TPSA) is 109 Å². The standard InChI is InChI=1S/C27H26N4O4/c1-17-6-2-3-7-19(17)16-28-27(34)31-23(18-8-4-9-18)15-22(30-31)21-14-20(11-12-24(21)32)29-26(33)25-10-5-13-35-25/h2-3,5-7,10-15,18,32H,4,8-9,16H2,1H3,(H,28,34)(H,29,33). The Hall–Kier alpha value is -4.33. The summed E-state index contributed by atoms with van der Waals surface area (Å²) in [6.45, 7) is 2.40. The second kappa shape index (κ2) is 9.50. The van der Waals surface area contributed by atoms with Crippen LogP contribution in [0.25, 0.3) is 11.3 Å². The number of phenols is 1. The molecule has 1 aliphatic carbocycles. The number of phenolic OH excluding ortho intramolecular Hbond substituents is 1. The smallest absolute Gasteiger partial charge is 0.342 e. The molecule has 0 bridgehead atoms. The SMILES string of the molecule is Cc1ccccc1CNC(=O)n1nc(-c2cc(NC(=O)c3ccco3)ccc2O)cc1C1CCC1. The van der Waals surface area contributed by atoms with Gasteiger partial charge in [0.1, 0.15) is 5.75 Å². The van der Waals surface area contributed by atoms with Crippen LogP contribution in [0.15, 0.2) is 71.3 Å². The summed E-state index contributed by atoms with van der Waals surface area (Å²) in [6.07, 6.45) is 4.51. The molecule has 0 aliphatic heterocycles. The molecule has 1 saturated carbocycles. The van der Waals surface area contributed by atoms with Crippen LogP contribution in [0.4, 0.5) is 10.5 Å². The Morgan fingerprint density at radius 1 is 1.11 bits per heavy atom. The lowest BCUT2D eigenvalue weighted by molar-refractivity contribution is 0.0996. The van der Waals surface area contributed by atoms with E-state index in [1.54, 1.807) is 24.3 Å². The van der Waals surface area contributed by atoms with Gasteiger partial charge in [0.15, 0.2) is 5.76 Å². The van der Waals surface area contributed by atoms with Crippen molar-refractivity contribution >= 4 is 17.6 Å². The predicted octanol–water partition coefficient (Wildman–Crippen LogP) is 5.43. The molecule has 178 valence electrons. The van der Waals surface area contributed by atoms with E-state index in [4.69, 9.17) is 4.42 Å². The minimum Gasteiger partial charge on any atom is -0.507 e. The molecule has 0 unspecified atom stereocenters. The van der Waals surface area contributed by atoms with E-state index in [-0.39, 0.29) is 23.5 Å². The number of aromatic hydroxyl groups is 1. The summed E-state index contributed by atoms with van der Waals surface area (Å²) in [5, 5.41) is 20.8. The third-order valence-corrected chi connectivity index (χ3v) is 6.42. The van der Waals surface area contributed by atoms with E-state index in [0.717, 1.165) is 36.1 Å². The second-order valence-electron chi connectivity index (χ2n) is 8.74. The highest BCUT2D eigenvalue weighted by molar-refractivity contribution is 6.02. The maximum Gasteiger partial charge on any atom is 0.342 e. The van der Waals surface area contributed by atoms with Gasteiger partial charge in [-0.1, -0.05) is 30.7 Å². The minimum atomic E-state index is -0.400. The molecule has 3 N–H and O–H groups in total. The summed E-state index contributed by atoms with van der Waals surface area (Å²) in [7, 11) is 0. The molecule has 8 nitrogen and oxygen atoms in total. The maximum atomic E-state index is 13.1. The normalized spacial score (nSPS) is 13.3. The number of benzene rings is 2. The highest BCUT2D eigenvalue weighted by atomic mass is 16.3. The zero-order valence-electron chi connectivity index (χ0n) is 19.3. The first-order valence-corrected chi connectivity index (χ1v) is 11.6. The first kappa shape index (κ1) is 22.5. The van der Waals surface area contributed by atoms with Crippen LogP contribution in [0.1, 0.15) is 52.6 Å². The highest BCUT2D eigenvalue weighted by Gasteiger charge is 2.27. The van der Waals surface area contributed by atoms with E-state index in [1.165, 1.54) is 17.0 Å². The van der Waals surface area contributed by atoms with Crippen LogP contribution in [-0.4, -0.2) is 26.8 Å². The monoisotopic (exact) mass is 470 g/mol. The molecule has 2 aromatic carbocycles. The molecule has 0 saturated heterocycles. The number of carbonyl (C=O) groups excluding carboxylic acids is 2. The Bertz CT molecular complexity index is 1370. The Morgan fingerprint density at radius 3 is 2.66 bits per heavy atom. The molecule has 2 aromatic heterocycles. The summed E-state index contributed by atoms with van der Waals surface area (Å²) >= 11 is 0. The zero-order chi connectivity index (χ0) is 24.4. The van der Waals surface area contributed by atoms with Crippen LogP contribution in [0.3, 0.4) is 0 Å². The van der Waals surface area contributed by atoms with Gasteiger partial charge in [-0.15, -0.1) is 0 Å². The fourth-order valence-electron chi connectivity index (χ4n) is 4.16. The summed E-state index contributed by atoms with van der Waals surface area (Å²) in [5.74, 6) is 0.0278. The van der Waals surface area contributed by atoms with Gasteiger partial charge in [-0.25, -0.2) is 4.79 Å². The van der Waals surface area contributed by atoms with Gasteiger partial charge in [0, 0.05) is 23.7 Å². The largest absolute Gasteiger partial charge is 0.507 e. The van der Waals surface area contributed by atoms with E-state index in [9.17, 15) is 14.7 Å². The van der Waals surface area contributed by atoms with Gasteiger partial charge >= 0.3 is 6.03 Å². The fourth-order valence-corrected chi connectivity index (χ4v) is 4.16. The van der Waals surface area contributed by atoms with Gasteiger partial charge < -0.3 is 20.2 Å². The highest BCUT2D eigenvalue weighted by Crippen LogP contribution is 2.39. The Morgan fingerprint density at radius 2 is 1.94 bits per heavy atom. The molecule has 35 heavy (non-hydrogen) atoms. The Labute approximate surface area is 202 Å². The molecule has 5 rings (SSSR count). The third-order valence-electron chi connectivity index (χ3n) is 6.42. The summed E-state index contributed by atoms with van der Waals surface area (Å²) in [4.78, 5) is 25.5. The lowest BCUT2D eigenvalue weighted by Gasteiger charge is -2.25. The van der Waals surface area contributed by atoms with Crippen LogP contribution in [-0.2, 0) is 6.54 Å². The van der Waals surface area contributed by atoms with Crippen molar-refractivity contribution in [2.75, 3.05) is 5.32 Å². The van der Waals surface area contributed by atoms with Gasteiger partial charge in [0.2, 0.25) is 0 Å². The number of nitrogens with one attached hydrogen (secondary N) is 2. The van der Waals surface area contributed by atoms with E-state index in [0.29, 0.717) is 23.5 Å². The van der Waals surface area contributed by atoms with E-state index < -0.39 is 5.91 Å².